The normalized spacial score (nSPS) is 15.1. The van der Waals surface area contributed by atoms with Gasteiger partial charge < -0.3 is 4.57 Å². The summed E-state index contributed by atoms with van der Waals surface area (Å²) in [5, 5.41) is 0.644. The van der Waals surface area contributed by atoms with Crippen LogP contribution in [0.3, 0.4) is 0 Å². The summed E-state index contributed by atoms with van der Waals surface area (Å²) in [6.45, 7) is 4.35. The molecule has 1 aliphatic heterocycles. The summed E-state index contributed by atoms with van der Waals surface area (Å²) < 4.78 is 29.5. The minimum atomic E-state index is -3.63. The van der Waals surface area contributed by atoms with Crippen molar-refractivity contribution in [2.75, 3.05) is 6.54 Å². The van der Waals surface area contributed by atoms with Gasteiger partial charge in [-0.1, -0.05) is 29.3 Å². The van der Waals surface area contributed by atoms with Gasteiger partial charge in [0.1, 0.15) is 0 Å². The minimum absolute atomic E-state index is 0.0643. The summed E-state index contributed by atoms with van der Waals surface area (Å²) >= 11 is 0. The maximum Gasteiger partial charge on any atom is 0.243 e. The Morgan fingerprint density at radius 2 is 1.63 bits per heavy atom. The van der Waals surface area contributed by atoms with Crippen molar-refractivity contribution in [3.63, 3.8) is 0 Å². The molecule has 0 atom stereocenters. The molecule has 6 heteroatoms. The average molecular weight is 382 g/mol. The van der Waals surface area contributed by atoms with Gasteiger partial charge in [0.25, 0.3) is 0 Å². The Morgan fingerprint density at radius 3 is 2.33 bits per heavy atom. The third-order valence-corrected chi connectivity index (χ3v) is 7.24. The van der Waals surface area contributed by atoms with Gasteiger partial charge in [0.2, 0.25) is 10.0 Å². The number of benzene rings is 2. The molecular formula is C21H22N2O3S. The van der Waals surface area contributed by atoms with Crippen LogP contribution in [0.2, 0.25) is 0 Å². The fourth-order valence-electron chi connectivity index (χ4n) is 3.80. The van der Waals surface area contributed by atoms with Gasteiger partial charge in [-0.2, -0.15) is 4.31 Å². The van der Waals surface area contributed by atoms with E-state index in [1.165, 1.54) is 4.31 Å². The highest BCUT2D eigenvalue weighted by Gasteiger charge is 2.31. The van der Waals surface area contributed by atoms with E-state index in [9.17, 15) is 13.2 Å². The molecule has 140 valence electrons. The van der Waals surface area contributed by atoms with Crippen LogP contribution in [0, 0.1) is 13.8 Å². The molecule has 2 aromatic carbocycles. The molecule has 4 rings (SSSR count). The molecule has 0 unspecified atom stereocenters. The van der Waals surface area contributed by atoms with E-state index in [0.717, 1.165) is 22.3 Å². The van der Waals surface area contributed by atoms with E-state index in [2.05, 4.69) is 0 Å². The van der Waals surface area contributed by atoms with Crippen LogP contribution in [0.5, 0.6) is 0 Å². The van der Waals surface area contributed by atoms with Crippen molar-refractivity contribution < 1.29 is 8.42 Å². The SMILES string of the molecule is Cc1ccc(S(=O)(=O)N2CCc3c(c(=O)c4cc(C)ccc4n3C)C2)cc1. The lowest BCUT2D eigenvalue weighted by Crippen LogP contribution is -2.39. The molecule has 0 spiro atoms. The fraction of sp³-hybridized carbons (Fsp3) is 0.286. The summed E-state index contributed by atoms with van der Waals surface area (Å²) in [4.78, 5) is 13.4. The van der Waals surface area contributed by atoms with Crippen LogP contribution < -0.4 is 5.43 Å². The Labute approximate surface area is 158 Å². The number of aromatic nitrogens is 1. The quantitative estimate of drug-likeness (QED) is 0.685. The third kappa shape index (κ3) is 2.89. The van der Waals surface area contributed by atoms with Crippen molar-refractivity contribution in [3.05, 3.63) is 75.1 Å². The molecule has 5 nitrogen and oxygen atoms in total. The summed E-state index contributed by atoms with van der Waals surface area (Å²) in [5.41, 5.74) is 4.35. The zero-order chi connectivity index (χ0) is 19.3. The summed E-state index contributed by atoms with van der Waals surface area (Å²) in [6.07, 6.45) is 0.524. The van der Waals surface area contributed by atoms with Gasteiger partial charge in [0.05, 0.1) is 10.4 Å². The average Bonchev–Trinajstić information content (AvgIpc) is 2.66. The Kier molecular flexibility index (Phi) is 4.20. The van der Waals surface area contributed by atoms with Crippen molar-refractivity contribution >= 4 is 20.9 Å². The second-order valence-electron chi connectivity index (χ2n) is 7.24. The first kappa shape index (κ1) is 17.9. The van der Waals surface area contributed by atoms with Crippen molar-refractivity contribution in [1.82, 2.24) is 8.87 Å². The maximum atomic E-state index is 13.1. The lowest BCUT2D eigenvalue weighted by atomic mass is 10.0. The third-order valence-electron chi connectivity index (χ3n) is 5.38. The number of pyridine rings is 1. The van der Waals surface area contributed by atoms with E-state index >= 15 is 0 Å². The van der Waals surface area contributed by atoms with E-state index in [4.69, 9.17) is 0 Å². The molecule has 0 saturated heterocycles. The highest BCUT2D eigenvalue weighted by Crippen LogP contribution is 2.26. The summed E-state index contributed by atoms with van der Waals surface area (Å²) in [5.74, 6) is 0. The molecule has 1 aromatic heterocycles. The fourth-order valence-corrected chi connectivity index (χ4v) is 5.21. The van der Waals surface area contributed by atoms with Crippen LogP contribution in [-0.4, -0.2) is 23.8 Å². The van der Waals surface area contributed by atoms with Crippen LogP contribution in [0.4, 0.5) is 0 Å². The Balaban J connectivity index is 1.82. The highest BCUT2D eigenvalue weighted by molar-refractivity contribution is 7.89. The monoisotopic (exact) mass is 382 g/mol. The predicted molar refractivity (Wildman–Crippen MR) is 106 cm³/mol. The number of hydrogen-bond donors (Lipinski definition) is 0. The number of nitrogens with zero attached hydrogens (tertiary/aromatic N) is 2. The van der Waals surface area contributed by atoms with Gasteiger partial charge in [-0.05, 0) is 38.1 Å². The van der Waals surface area contributed by atoms with Gasteiger partial charge in [-0.15, -0.1) is 0 Å². The molecule has 0 saturated carbocycles. The van der Waals surface area contributed by atoms with Crippen LogP contribution >= 0.6 is 0 Å². The zero-order valence-corrected chi connectivity index (χ0v) is 16.5. The largest absolute Gasteiger partial charge is 0.347 e. The lowest BCUT2D eigenvalue weighted by molar-refractivity contribution is 0.383. The smallest absolute Gasteiger partial charge is 0.243 e. The topological polar surface area (TPSA) is 59.4 Å². The molecule has 1 aliphatic rings. The van der Waals surface area contributed by atoms with Gasteiger partial charge in [-0.25, -0.2) is 8.42 Å². The predicted octanol–water partition coefficient (Wildman–Crippen LogP) is 2.90. The van der Waals surface area contributed by atoms with Gasteiger partial charge in [-0.3, -0.25) is 4.79 Å². The number of aryl methyl sites for hydroxylation is 3. The van der Waals surface area contributed by atoms with Gasteiger partial charge in [0.15, 0.2) is 5.43 Å². The van der Waals surface area contributed by atoms with Gasteiger partial charge >= 0.3 is 0 Å². The first-order chi connectivity index (χ1) is 12.8. The summed E-state index contributed by atoms with van der Waals surface area (Å²) in [7, 11) is -1.68. The Hall–Kier alpha value is -2.44. The molecule has 0 bridgehead atoms. The van der Waals surface area contributed by atoms with E-state index in [1.54, 1.807) is 24.3 Å². The summed E-state index contributed by atoms with van der Waals surface area (Å²) in [6, 6.07) is 12.7. The van der Waals surface area contributed by atoms with E-state index in [1.807, 2.05) is 43.7 Å². The molecule has 27 heavy (non-hydrogen) atoms. The van der Waals surface area contributed by atoms with Crippen LogP contribution in [0.15, 0.2) is 52.2 Å². The van der Waals surface area contributed by atoms with E-state index in [0.29, 0.717) is 23.9 Å². The van der Waals surface area contributed by atoms with Crippen LogP contribution in [-0.2, 0) is 30.0 Å². The number of rotatable bonds is 2. The van der Waals surface area contributed by atoms with Crippen molar-refractivity contribution in [2.45, 2.75) is 31.7 Å². The molecule has 0 amide bonds. The van der Waals surface area contributed by atoms with Crippen LogP contribution in [0.1, 0.15) is 22.4 Å². The molecule has 0 aliphatic carbocycles. The maximum absolute atomic E-state index is 13.1. The molecule has 0 N–H and O–H groups in total. The van der Waals surface area contributed by atoms with Gasteiger partial charge in [0, 0.05) is 43.2 Å². The van der Waals surface area contributed by atoms with Crippen LogP contribution in [0.25, 0.3) is 10.9 Å². The van der Waals surface area contributed by atoms with Crippen molar-refractivity contribution in [1.29, 1.82) is 0 Å². The standard InChI is InChI=1S/C21H22N2O3S/c1-14-4-7-16(8-5-14)27(25,26)23-11-10-20-18(13-23)21(24)17-12-15(2)6-9-19(17)22(20)3/h4-9,12H,10-11,13H2,1-3H3. The van der Waals surface area contributed by atoms with E-state index < -0.39 is 10.0 Å². The first-order valence-corrected chi connectivity index (χ1v) is 10.4. The van der Waals surface area contributed by atoms with E-state index in [-0.39, 0.29) is 16.9 Å². The second kappa shape index (κ2) is 6.32. The van der Waals surface area contributed by atoms with Crippen molar-refractivity contribution in [3.8, 4) is 0 Å². The highest BCUT2D eigenvalue weighted by atomic mass is 32.2. The number of fused-ring (bicyclic) bond motifs is 2. The lowest BCUT2D eigenvalue weighted by Gasteiger charge is -2.29. The molecule has 0 radical (unpaired) electrons. The van der Waals surface area contributed by atoms with Crippen molar-refractivity contribution in [2.24, 2.45) is 7.05 Å². The zero-order valence-electron chi connectivity index (χ0n) is 15.7. The number of hydrogen-bond acceptors (Lipinski definition) is 3. The molecular weight excluding hydrogens is 360 g/mol. The molecule has 3 aromatic rings. The molecule has 0 fully saturated rings. The molecule has 2 heterocycles. The first-order valence-electron chi connectivity index (χ1n) is 8.97. The Bertz CT molecular complexity index is 1210. The second-order valence-corrected chi connectivity index (χ2v) is 9.17. The minimum Gasteiger partial charge on any atom is -0.347 e. The Morgan fingerprint density at radius 1 is 0.963 bits per heavy atom. The number of sulfonamides is 1.